The monoisotopic (exact) mass is 286 g/mol. The molecule has 0 spiro atoms. The number of ether oxygens (including phenoxy) is 2. The molecule has 1 atom stereocenters. The molecular weight excluding hydrogens is 264 g/mol. The van der Waals surface area contributed by atoms with E-state index < -0.39 is 23.7 Å². The minimum Gasteiger partial charge on any atom is -0.467 e. The molecule has 1 heterocycles. The van der Waals surface area contributed by atoms with Crippen LogP contribution in [0.4, 0.5) is 4.79 Å². The first-order chi connectivity index (χ1) is 9.15. The maximum atomic E-state index is 12.0. The van der Waals surface area contributed by atoms with Gasteiger partial charge in [0.05, 0.1) is 13.7 Å². The maximum Gasteiger partial charge on any atom is 0.410 e. The smallest absolute Gasteiger partial charge is 0.410 e. The summed E-state index contributed by atoms with van der Waals surface area (Å²) >= 11 is 0. The van der Waals surface area contributed by atoms with Gasteiger partial charge in [-0.15, -0.1) is 0 Å². The molecular formula is C13H22N2O5. The summed E-state index contributed by atoms with van der Waals surface area (Å²) in [5, 5.41) is 0. The maximum absolute atomic E-state index is 12.0. The summed E-state index contributed by atoms with van der Waals surface area (Å²) in [7, 11) is 1.26. The van der Waals surface area contributed by atoms with Crippen molar-refractivity contribution in [3.05, 3.63) is 0 Å². The molecule has 7 nitrogen and oxygen atoms in total. The van der Waals surface area contributed by atoms with Crippen molar-refractivity contribution in [1.29, 1.82) is 0 Å². The normalized spacial score (nSPS) is 19.6. The Hall–Kier alpha value is -1.79. The molecule has 0 aromatic heterocycles. The van der Waals surface area contributed by atoms with Crippen LogP contribution in [0.2, 0.25) is 0 Å². The van der Waals surface area contributed by atoms with E-state index >= 15 is 0 Å². The van der Waals surface area contributed by atoms with Crippen molar-refractivity contribution in [2.75, 3.05) is 26.7 Å². The Morgan fingerprint density at radius 1 is 1.15 bits per heavy atom. The molecule has 7 heteroatoms. The summed E-state index contributed by atoms with van der Waals surface area (Å²) in [4.78, 5) is 38.1. The van der Waals surface area contributed by atoms with Gasteiger partial charge in [-0.05, 0) is 20.8 Å². The van der Waals surface area contributed by atoms with Gasteiger partial charge in [-0.2, -0.15) is 0 Å². The van der Waals surface area contributed by atoms with Crippen LogP contribution < -0.4 is 0 Å². The highest BCUT2D eigenvalue weighted by Gasteiger charge is 2.37. The molecule has 1 unspecified atom stereocenters. The fourth-order valence-electron chi connectivity index (χ4n) is 1.99. The second-order valence-corrected chi connectivity index (χ2v) is 5.68. The van der Waals surface area contributed by atoms with Gasteiger partial charge in [0.25, 0.3) is 0 Å². The van der Waals surface area contributed by atoms with Crippen LogP contribution in [0.1, 0.15) is 27.7 Å². The lowest BCUT2D eigenvalue weighted by atomic mass is 10.1. The molecule has 0 aromatic carbocycles. The van der Waals surface area contributed by atoms with E-state index in [4.69, 9.17) is 4.74 Å². The van der Waals surface area contributed by atoms with Gasteiger partial charge in [0.2, 0.25) is 5.91 Å². The first-order valence-electron chi connectivity index (χ1n) is 6.48. The van der Waals surface area contributed by atoms with Gasteiger partial charge in [0.15, 0.2) is 0 Å². The average molecular weight is 286 g/mol. The van der Waals surface area contributed by atoms with Crippen LogP contribution in [-0.2, 0) is 19.1 Å². The zero-order valence-electron chi connectivity index (χ0n) is 12.6. The van der Waals surface area contributed by atoms with E-state index in [0.29, 0.717) is 6.54 Å². The molecule has 1 rings (SSSR count). The molecule has 1 aliphatic rings. The Bertz CT molecular complexity index is 402. The number of carbonyl (C=O) groups is 3. The first-order valence-corrected chi connectivity index (χ1v) is 6.48. The van der Waals surface area contributed by atoms with Crippen LogP contribution in [0.5, 0.6) is 0 Å². The summed E-state index contributed by atoms with van der Waals surface area (Å²) in [6, 6.07) is -0.779. The lowest BCUT2D eigenvalue weighted by Gasteiger charge is -2.39. The van der Waals surface area contributed by atoms with E-state index in [2.05, 4.69) is 4.74 Å². The van der Waals surface area contributed by atoms with Crippen molar-refractivity contribution in [2.24, 2.45) is 0 Å². The standard InChI is InChI=1S/C13H22N2O5/c1-9(16)15-7-6-14(8-10(15)11(17)19-5)12(18)20-13(2,3)4/h10H,6-8H2,1-5H3. The molecule has 0 bridgehead atoms. The molecule has 0 aromatic rings. The number of hydrogen-bond donors (Lipinski definition) is 0. The third-order valence-corrected chi connectivity index (χ3v) is 2.91. The topological polar surface area (TPSA) is 76.2 Å². The van der Waals surface area contributed by atoms with Crippen molar-refractivity contribution in [2.45, 2.75) is 39.3 Å². The predicted octanol–water partition coefficient (Wildman–Crippen LogP) is 0.627. The number of rotatable bonds is 1. The molecule has 0 aliphatic carbocycles. The highest BCUT2D eigenvalue weighted by atomic mass is 16.6. The van der Waals surface area contributed by atoms with Gasteiger partial charge in [0, 0.05) is 20.0 Å². The summed E-state index contributed by atoms with van der Waals surface area (Å²) < 4.78 is 9.95. The highest BCUT2D eigenvalue weighted by molar-refractivity contribution is 5.84. The van der Waals surface area contributed by atoms with Crippen LogP contribution in [0.25, 0.3) is 0 Å². The highest BCUT2D eigenvalue weighted by Crippen LogP contribution is 2.16. The van der Waals surface area contributed by atoms with E-state index in [-0.39, 0.29) is 19.0 Å². The third-order valence-electron chi connectivity index (χ3n) is 2.91. The van der Waals surface area contributed by atoms with Crippen LogP contribution in [0, 0.1) is 0 Å². The summed E-state index contributed by atoms with van der Waals surface area (Å²) in [5.41, 5.74) is -0.602. The number of esters is 1. The molecule has 1 saturated heterocycles. The average Bonchev–Trinajstić information content (AvgIpc) is 2.34. The molecule has 1 fully saturated rings. The van der Waals surface area contributed by atoms with Crippen molar-refractivity contribution in [1.82, 2.24) is 9.80 Å². The Morgan fingerprint density at radius 3 is 2.20 bits per heavy atom. The largest absolute Gasteiger partial charge is 0.467 e. The van der Waals surface area contributed by atoms with E-state index in [1.807, 2.05) is 0 Å². The first kappa shape index (κ1) is 16.3. The van der Waals surface area contributed by atoms with E-state index in [9.17, 15) is 14.4 Å². The summed E-state index contributed by atoms with van der Waals surface area (Å²) in [5.74, 6) is -0.752. The fraction of sp³-hybridized carbons (Fsp3) is 0.769. The number of amides is 2. The minimum absolute atomic E-state index is 0.0845. The SMILES string of the molecule is COC(=O)C1CN(C(=O)OC(C)(C)C)CCN1C(C)=O. The van der Waals surface area contributed by atoms with E-state index in [0.717, 1.165) is 0 Å². The van der Waals surface area contributed by atoms with Gasteiger partial charge in [-0.3, -0.25) is 4.79 Å². The summed E-state index contributed by atoms with van der Waals surface area (Å²) in [6.07, 6.45) is -0.491. The molecule has 0 saturated carbocycles. The number of hydrogen-bond acceptors (Lipinski definition) is 5. The third kappa shape index (κ3) is 4.11. The van der Waals surface area contributed by atoms with Crippen molar-refractivity contribution in [3.8, 4) is 0 Å². The number of nitrogens with zero attached hydrogens (tertiary/aromatic N) is 2. The predicted molar refractivity (Wildman–Crippen MR) is 71.0 cm³/mol. The number of methoxy groups -OCH3 is 1. The van der Waals surface area contributed by atoms with Gasteiger partial charge >= 0.3 is 12.1 Å². The zero-order chi connectivity index (χ0) is 15.5. The van der Waals surface area contributed by atoms with E-state index in [1.165, 1.54) is 23.8 Å². The molecule has 114 valence electrons. The minimum atomic E-state index is -0.779. The molecule has 20 heavy (non-hydrogen) atoms. The van der Waals surface area contributed by atoms with Crippen molar-refractivity contribution < 1.29 is 23.9 Å². The quantitative estimate of drug-likeness (QED) is 0.661. The van der Waals surface area contributed by atoms with Crippen molar-refractivity contribution >= 4 is 18.0 Å². The van der Waals surface area contributed by atoms with Crippen molar-refractivity contribution in [3.63, 3.8) is 0 Å². The van der Waals surface area contributed by atoms with Gasteiger partial charge in [0.1, 0.15) is 11.6 Å². The fourth-order valence-corrected chi connectivity index (χ4v) is 1.99. The Morgan fingerprint density at radius 2 is 1.75 bits per heavy atom. The molecule has 0 N–H and O–H groups in total. The van der Waals surface area contributed by atoms with Gasteiger partial charge < -0.3 is 19.3 Å². The Kier molecular flexibility index (Phi) is 4.97. The van der Waals surface area contributed by atoms with Crippen LogP contribution in [-0.4, -0.2) is 66.2 Å². The Balaban J connectivity index is 2.78. The molecule has 0 radical (unpaired) electrons. The summed E-state index contributed by atoms with van der Waals surface area (Å²) in [6.45, 7) is 7.41. The van der Waals surface area contributed by atoms with Crippen LogP contribution >= 0.6 is 0 Å². The van der Waals surface area contributed by atoms with Crippen LogP contribution in [0.15, 0.2) is 0 Å². The van der Waals surface area contributed by atoms with E-state index in [1.54, 1.807) is 20.8 Å². The zero-order valence-corrected chi connectivity index (χ0v) is 12.6. The van der Waals surface area contributed by atoms with Gasteiger partial charge in [-0.1, -0.05) is 0 Å². The Labute approximate surface area is 118 Å². The lowest BCUT2D eigenvalue weighted by Crippen LogP contribution is -2.59. The molecule has 2 amide bonds. The number of piperazine rings is 1. The lowest BCUT2D eigenvalue weighted by molar-refractivity contribution is -0.155. The second kappa shape index (κ2) is 6.11. The van der Waals surface area contributed by atoms with Crippen LogP contribution in [0.3, 0.4) is 0 Å². The second-order valence-electron chi connectivity index (χ2n) is 5.68. The molecule has 1 aliphatic heterocycles. The number of carbonyl (C=O) groups excluding carboxylic acids is 3. The van der Waals surface area contributed by atoms with Gasteiger partial charge in [-0.25, -0.2) is 9.59 Å².